The van der Waals surface area contributed by atoms with Crippen molar-refractivity contribution in [1.29, 1.82) is 0 Å². The second-order valence-electron chi connectivity index (χ2n) is 16.1. The van der Waals surface area contributed by atoms with Gasteiger partial charge in [-0.2, -0.15) is 0 Å². The number of aliphatic hydroxyl groups is 2. The molecule has 0 aliphatic carbocycles. The maximum absolute atomic E-state index is 12.8. The van der Waals surface area contributed by atoms with Crippen LogP contribution in [0.2, 0.25) is 0 Å². The topological polar surface area (TPSA) is 151 Å². The van der Waals surface area contributed by atoms with Crippen molar-refractivity contribution in [2.24, 2.45) is 5.73 Å². The third-order valence-electron chi connectivity index (χ3n) is 10.5. The van der Waals surface area contributed by atoms with Crippen molar-refractivity contribution in [1.82, 2.24) is 5.32 Å². The normalized spacial score (nSPS) is 14.8. The molecule has 0 radical (unpaired) electrons. The van der Waals surface area contributed by atoms with Crippen molar-refractivity contribution in [2.75, 3.05) is 19.8 Å². The molecule has 0 heterocycles. The molecular formula is C47H91N2O7P. The van der Waals surface area contributed by atoms with Gasteiger partial charge in [-0.1, -0.05) is 192 Å². The lowest BCUT2D eigenvalue weighted by Gasteiger charge is -2.24. The first-order valence-corrected chi connectivity index (χ1v) is 25.2. The number of carbonyl (C=O) groups excluding carboxylic acids is 1. The van der Waals surface area contributed by atoms with Crippen LogP contribution in [0.15, 0.2) is 36.5 Å². The molecule has 1 amide bonds. The van der Waals surface area contributed by atoms with E-state index in [4.69, 9.17) is 14.8 Å². The van der Waals surface area contributed by atoms with E-state index in [2.05, 4.69) is 43.5 Å². The summed E-state index contributed by atoms with van der Waals surface area (Å²) in [6.07, 6.45) is 48.1. The molecular weight excluding hydrogens is 735 g/mol. The molecule has 0 bridgehead atoms. The Balaban J connectivity index is 4.30. The number of rotatable bonds is 44. The SMILES string of the molecule is CCCCCCCCCCCC/C=C\CCCCCCCC(O)CC(=O)NC(COP(=O)(O)OCCN)C(O)/C=C/CC/C=C/CCCCCCCCCCCC. The van der Waals surface area contributed by atoms with Crippen molar-refractivity contribution in [2.45, 2.75) is 238 Å². The van der Waals surface area contributed by atoms with E-state index in [0.29, 0.717) is 12.8 Å². The number of hydrogen-bond acceptors (Lipinski definition) is 7. The molecule has 336 valence electrons. The van der Waals surface area contributed by atoms with Gasteiger partial charge in [0.2, 0.25) is 5.91 Å². The average Bonchev–Trinajstić information content (AvgIpc) is 3.19. The summed E-state index contributed by atoms with van der Waals surface area (Å²) < 4.78 is 22.1. The second-order valence-corrected chi connectivity index (χ2v) is 17.6. The van der Waals surface area contributed by atoms with E-state index in [1.54, 1.807) is 6.08 Å². The van der Waals surface area contributed by atoms with Crippen LogP contribution in [0.3, 0.4) is 0 Å². The van der Waals surface area contributed by atoms with Crippen LogP contribution < -0.4 is 11.1 Å². The highest BCUT2D eigenvalue weighted by Gasteiger charge is 2.27. The average molecular weight is 827 g/mol. The summed E-state index contributed by atoms with van der Waals surface area (Å²) in [4.78, 5) is 22.8. The van der Waals surface area contributed by atoms with Crippen molar-refractivity contribution in [3.8, 4) is 0 Å². The minimum Gasteiger partial charge on any atom is -0.393 e. The van der Waals surface area contributed by atoms with Crippen LogP contribution in [0.1, 0.15) is 219 Å². The van der Waals surface area contributed by atoms with Gasteiger partial charge in [0.1, 0.15) is 0 Å². The highest BCUT2D eigenvalue weighted by molar-refractivity contribution is 7.47. The summed E-state index contributed by atoms with van der Waals surface area (Å²) in [6, 6.07) is -1.00. The molecule has 0 fully saturated rings. The van der Waals surface area contributed by atoms with Gasteiger partial charge in [0.15, 0.2) is 0 Å². The lowest BCUT2D eigenvalue weighted by Crippen LogP contribution is -2.46. The fourth-order valence-corrected chi connectivity index (χ4v) is 7.65. The molecule has 0 aromatic heterocycles. The third kappa shape index (κ3) is 41.2. The lowest BCUT2D eigenvalue weighted by atomic mass is 10.0. The van der Waals surface area contributed by atoms with Gasteiger partial charge in [-0.3, -0.25) is 13.8 Å². The monoisotopic (exact) mass is 827 g/mol. The number of nitrogens with two attached hydrogens (primary N) is 1. The Morgan fingerprint density at radius 3 is 1.46 bits per heavy atom. The van der Waals surface area contributed by atoms with Crippen LogP contribution in [0.4, 0.5) is 0 Å². The summed E-state index contributed by atoms with van der Waals surface area (Å²) in [6.45, 7) is 3.96. The van der Waals surface area contributed by atoms with Crippen molar-refractivity contribution >= 4 is 13.7 Å². The van der Waals surface area contributed by atoms with Crippen molar-refractivity contribution in [3.63, 3.8) is 0 Å². The zero-order valence-electron chi connectivity index (χ0n) is 36.9. The van der Waals surface area contributed by atoms with Crippen LogP contribution in [0.5, 0.6) is 0 Å². The molecule has 0 saturated heterocycles. The van der Waals surface area contributed by atoms with E-state index in [1.165, 1.54) is 141 Å². The molecule has 0 aliphatic heterocycles. The number of phosphoric ester groups is 1. The number of phosphoric acid groups is 1. The minimum atomic E-state index is -4.41. The van der Waals surface area contributed by atoms with Gasteiger partial charge >= 0.3 is 7.82 Å². The van der Waals surface area contributed by atoms with Gasteiger partial charge in [-0.25, -0.2) is 4.57 Å². The molecule has 0 aromatic rings. The fourth-order valence-electron chi connectivity index (χ4n) is 6.89. The van der Waals surface area contributed by atoms with E-state index < -0.39 is 38.6 Å². The Labute approximate surface area is 351 Å². The van der Waals surface area contributed by atoms with Crippen LogP contribution in [0, 0.1) is 0 Å². The van der Waals surface area contributed by atoms with Crippen LogP contribution in [-0.4, -0.2) is 59.0 Å². The number of allylic oxidation sites excluding steroid dienone is 5. The minimum absolute atomic E-state index is 0.0435. The zero-order valence-corrected chi connectivity index (χ0v) is 37.8. The van der Waals surface area contributed by atoms with Crippen LogP contribution >= 0.6 is 7.82 Å². The summed E-state index contributed by atoms with van der Waals surface area (Å²) in [5.41, 5.74) is 5.37. The van der Waals surface area contributed by atoms with E-state index in [1.807, 2.05) is 6.08 Å². The highest BCUT2D eigenvalue weighted by Crippen LogP contribution is 2.43. The molecule has 0 saturated carbocycles. The third-order valence-corrected chi connectivity index (χ3v) is 11.5. The van der Waals surface area contributed by atoms with Gasteiger partial charge < -0.3 is 26.2 Å². The van der Waals surface area contributed by atoms with Crippen LogP contribution in [0.25, 0.3) is 0 Å². The maximum Gasteiger partial charge on any atom is 0.472 e. The molecule has 57 heavy (non-hydrogen) atoms. The highest BCUT2D eigenvalue weighted by atomic mass is 31.2. The molecule has 0 aromatic carbocycles. The van der Waals surface area contributed by atoms with Gasteiger partial charge in [0.25, 0.3) is 0 Å². The number of carbonyl (C=O) groups is 1. The molecule has 6 N–H and O–H groups in total. The van der Waals surface area contributed by atoms with Gasteiger partial charge in [-0.05, 0) is 57.8 Å². The number of hydrogen-bond donors (Lipinski definition) is 5. The molecule has 0 spiro atoms. The van der Waals surface area contributed by atoms with E-state index in [9.17, 15) is 24.5 Å². The Morgan fingerprint density at radius 2 is 1.00 bits per heavy atom. The fraction of sp³-hybridized carbons (Fsp3) is 0.851. The standard InChI is InChI=1S/C47H91N2O7P/c1-3-5-7-9-11-13-15-17-19-21-22-23-24-26-28-30-32-34-36-38-44(50)42-47(52)49-45(43-56-57(53,54)55-41-40-48)46(51)39-37-35-33-31-29-27-25-20-18-16-14-12-10-8-6-4-2/h23-24,29,31,37,39,44-46,50-51H,3-22,25-28,30,32-36,38,40-43,48H2,1-2H3,(H,49,52)(H,53,54)/b24-23-,31-29+,39-37+. The summed E-state index contributed by atoms with van der Waals surface area (Å²) >= 11 is 0. The first-order chi connectivity index (χ1) is 27.8. The van der Waals surface area contributed by atoms with E-state index in [0.717, 1.165) is 44.9 Å². The van der Waals surface area contributed by atoms with E-state index in [-0.39, 0.29) is 19.6 Å². The molecule has 10 heteroatoms. The molecule has 0 aliphatic rings. The van der Waals surface area contributed by atoms with Crippen LogP contribution in [-0.2, 0) is 18.4 Å². The Bertz CT molecular complexity index is 1010. The molecule has 4 unspecified atom stereocenters. The first-order valence-electron chi connectivity index (χ1n) is 23.7. The van der Waals surface area contributed by atoms with E-state index >= 15 is 0 Å². The van der Waals surface area contributed by atoms with Gasteiger partial charge in [-0.15, -0.1) is 0 Å². The predicted octanol–water partition coefficient (Wildman–Crippen LogP) is 12.5. The number of amides is 1. The molecule has 0 rings (SSSR count). The lowest BCUT2D eigenvalue weighted by molar-refractivity contribution is -0.124. The Kier molecular flexibility index (Phi) is 41.8. The first kappa shape index (κ1) is 55.7. The molecule has 9 nitrogen and oxygen atoms in total. The van der Waals surface area contributed by atoms with Crippen molar-refractivity contribution < 1.29 is 33.5 Å². The summed E-state index contributed by atoms with van der Waals surface area (Å²) in [7, 11) is -4.41. The van der Waals surface area contributed by atoms with Crippen molar-refractivity contribution in [3.05, 3.63) is 36.5 Å². The summed E-state index contributed by atoms with van der Waals surface area (Å²) in [5, 5.41) is 24.1. The quantitative estimate of drug-likeness (QED) is 0.0231. The summed E-state index contributed by atoms with van der Waals surface area (Å²) in [5.74, 6) is -0.460. The Morgan fingerprint density at radius 1 is 0.596 bits per heavy atom. The predicted molar refractivity (Wildman–Crippen MR) is 241 cm³/mol. The number of aliphatic hydroxyl groups excluding tert-OH is 2. The second kappa shape index (κ2) is 42.8. The number of nitrogens with one attached hydrogen (secondary N) is 1. The molecule has 4 atom stereocenters. The Hall–Kier alpha value is -1.32. The maximum atomic E-state index is 12.8. The van der Waals surface area contributed by atoms with Gasteiger partial charge in [0, 0.05) is 6.54 Å². The smallest absolute Gasteiger partial charge is 0.393 e. The largest absolute Gasteiger partial charge is 0.472 e. The zero-order chi connectivity index (χ0) is 41.9. The number of unbranched alkanes of at least 4 members (excludes halogenated alkanes) is 26. The van der Waals surface area contributed by atoms with Gasteiger partial charge in [0.05, 0.1) is 37.9 Å².